The van der Waals surface area contributed by atoms with Crippen molar-refractivity contribution >= 4 is 61.0 Å². The minimum Gasteiger partial charge on any atom is -0.404 e. The summed E-state index contributed by atoms with van der Waals surface area (Å²) < 4.78 is 70.6. The average Bonchev–Trinajstić information content (AvgIpc) is 2.85. The SMILES string of the molecule is CN(C)c1nc(NC[C@H]2CC[C@H](CNS(=O)(=O)c3ccc(Br)cc3OC(F)(F)F)CC2)nc2ccccc12.Cl. The fourth-order valence-electron chi connectivity index (χ4n) is 4.57. The van der Waals surface area contributed by atoms with Crippen molar-refractivity contribution in [2.45, 2.75) is 36.9 Å². The molecule has 1 aliphatic carbocycles. The van der Waals surface area contributed by atoms with Crippen LogP contribution in [0.5, 0.6) is 5.75 Å². The lowest BCUT2D eigenvalue weighted by Crippen LogP contribution is -2.33. The smallest absolute Gasteiger partial charge is 0.404 e. The van der Waals surface area contributed by atoms with E-state index < -0.39 is 27.0 Å². The highest BCUT2D eigenvalue weighted by Gasteiger charge is 2.34. The van der Waals surface area contributed by atoms with Crippen molar-refractivity contribution in [3.63, 3.8) is 0 Å². The molecule has 214 valence electrons. The summed E-state index contributed by atoms with van der Waals surface area (Å²) in [5, 5.41) is 4.33. The highest BCUT2D eigenvalue weighted by Crippen LogP contribution is 2.33. The van der Waals surface area contributed by atoms with E-state index in [2.05, 4.69) is 40.7 Å². The minimum absolute atomic E-state index is 0. The lowest BCUT2D eigenvalue weighted by molar-refractivity contribution is -0.275. The molecule has 1 saturated carbocycles. The van der Waals surface area contributed by atoms with Gasteiger partial charge in [-0.25, -0.2) is 18.1 Å². The standard InChI is InChI=1S/C25H29BrF3N5O3S.ClH/c1-34(2)23-19-5-3-4-6-20(19)32-24(33-23)30-14-16-7-9-17(10-8-16)15-31-38(35,36)22-12-11-18(26)13-21(22)37-25(27,28)29;/h3-6,11-13,16-17,31H,7-10,14-15H2,1-2H3,(H,30,32,33);1H/t16-,17-;. The molecule has 0 unspecified atom stereocenters. The molecule has 1 heterocycles. The van der Waals surface area contributed by atoms with Crippen LogP contribution in [0.2, 0.25) is 0 Å². The van der Waals surface area contributed by atoms with Crippen LogP contribution in [-0.4, -0.2) is 51.9 Å². The zero-order valence-corrected chi connectivity index (χ0v) is 24.6. The van der Waals surface area contributed by atoms with Crippen LogP contribution in [0, 0.1) is 11.8 Å². The van der Waals surface area contributed by atoms with Gasteiger partial charge in [0.15, 0.2) is 5.75 Å². The lowest BCUT2D eigenvalue weighted by atomic mass is 9.82. The van der Waals surface area contributed by atoms with E-state index in [1.807, 2.05) is 43.3 Å². The third-order valence-electron chi connectivity index (χ3n) is 6.50. The highest BCUT2D eigenvalue weighted by molar-refractivity contribution is 9.10. The fourth-order valence-corrected chi connectivity index (χ4v) is 6.13. The van der Waals surface area contributed by atoms with Crippen LogP contribution in [0.4, 0.5) is 24.9 Å². The average molecular weight is 653 g/mol. The van der Waals surface area contributed by atoms with Crippen molar-refractivity contribution in [1.29, 1.82) is 0 Å². The van der Waals surface area contributed by atoms with Gasteiger partial charge < -0.3 is 15.0 Å². The third-order valence-corrected chi connectivity index (χ3v) is 8.46. The van der Waals surface area contributed by atoms with Crippen molar-refractivity contribution in [3.8, 4) is 5.75 Å². The Hall–Kier alpha value is -2.35. The van der Waals surface area contributed by atoms with Crippen LogP contribution in [0.3, 0.4) is 0 Å². The van der Waals surface area contributed by atoms with Gasteiger partial charge in [-0.3, -0.25) is 0 Å². The number of fused-ring (bicyclic) bond motifs is 1. The Morgan fingerprint density at radius 3 is 2.31 bits per heavy atom. The molecule has 1 aromatic heterocycles. The molecule has 0 atom stereocenters. The summed E-state index contributed by atoms with van der Waals surface area (Å²) in [6.07, 6.45) is -1.66. The number of para-hydroxylation sites is 1. The van der Waals surface area contributed by atoms with Gasteiger partial charge in [-0.15, -0.1) is 25.6 Å². The zero-order chi connectivity index (χ0) is 27.5. The molecule has 4 rings (SSSR count). The van der Waals surface area contributed by atoms with Crippen molar-refractivity contribution in [2.24, 2.45) is 11.8 Å². The van der Waals surface area contributed by atoms with Crippen molar-refractivity contribution in [3.05, 3.63) is 46.9 Å². The molecule has 0 bridgehead atoms. The molecule has 0 saturated heterocycles. The van der Waals surface area contributed by atoms with E-state index in [1.165, 1.54) is 6.07 Å². The molecule has 0 radical (unpaired) electrons. The zero-order valence-electron chi connectivity index (χ0n) is 21.3. The van der Waals surface area contributed by atoms with Crippen LogP contribution < -0.4 is 19.7 Å². The number of nitrogens with zero attached hydrogens (tertiary/aromatic N) is 3. The number of benzene rings is 2. The molecule has 0 spiro atoms. The molecular formula is C25H30BrClF3N5O3S. The summed E-state index contributed by atoms with van der Waals surface area (Å²) in [5.74, 6) is 1.08. The van der Waals surface area contributed by atoms with E-state index in [0.717, 1.165) is 54.5 Å². The summed E-state index contributed by atoms with van der Waals surface area (Å²) in [6, 6.07) is 11.3. The number of nitrogens with one attached hydrogen (secondary N) is 2. The molecular weight excluding hydrogens is 623 g/mol. The maximum absolute atomic E-state index is 12.8. The van der Waals surface area contributed by atoms with Crippen LogP contribution in [0.15, 0.2) is 51.8 Å². The highest BCUT2D eigenvalue weighted by atomic mass is 79.9. The first-order valence-electron chi connectivity index (χ1n) is 12.1. The quantitative estimate of drug-likeness (QED) is 0.294. The van der Waals surface area contributed by atoms with Gasteiger partial charge >= 0.3 is 6.36 Å². The van der Waals surface area contributed by atoms with E-state index in [4.69, 9.17) is 0 Å². The molecule has 39 heavy (non-hydrogen) atoms. The van der Waals surface area contributed by atoms with Gasteiger partial charge in [0.05, 0.1) is 5.52 Å². The van der Waals surface area contributed by atoms with E-state index >= 15 is 0 Å². The summed E-state index contributed by atoms with van der Waals surface area (Å²) in [5.41, 5.74) is 0.860. The van der Waals surface area contributed by atoms with Gasteiger partial charge in [0, 0.05) is 37.0 Å². The summed E-state index contributed by atoms with van der Waals surface area (Å²) >= 11 is 3.05. The molecule has 2 N–H and O–H groups in total. The number of alkyl halides is 3. The van der Waals surface area contributed by atoms with Crippen LogP contribution in [0.1, 0.15) is 25.7 Å². The predicted octanol–water partition coefficient (Wildman–Crippen LogP) is 5.98. The summed E-state index contributed by atoms with van der Waals surface area (Å²) in [6.45, 7) is 0.838. The molecule has 8 nitrogen and oxygen atoms in total. The number of rotatable bonds is 9. The summed E-state index contributed by atoms with van der Waals surface area (Å²) in [7, 11) is -0.318. The Morgan fingerprint density at radius 2 is 1.67 bits per heavy atom. The number of anilines is 2. The Labute approximate surface area is 240 Å². The first-order chi connectivity index (χ1) is 17.9. The first kappa shape index (κ1) is 31.2. The molecule has 0 amide bonds. The van der Waals surface area contributed by atoms with Crippen LogP contribution in [0.25, 0.3) is 10.9 Å². The Bertz CT molecular complexity index is 1390. The van der Waals surface area contributed by atoms with Crippen molar-refractivity contribution in [2.75, 3.05) is 37.4 Å². The number of halogens is 5. The maximum Gasteiger partial charge on any atom is 0.573 e. The molecule has 1 fully saturated rings. The number of hydrogen-bond acceptors (Lipinski definition) is 7. The number of sulfonamides is 1. The second kappa shape index (κ2) is 12.9. The Kier molecular flexibility index (Phi) is 10.3. The van der Waals surface area contributed by atoms with E-state index in [0.29, 0.717) is 18.4 Å². The third kappa shape index (κ3) is 8.32. The second-order valence-electron chi connectivity index (χ2n) is 9.54. The van der Waals surface area contributed by atoms with E-state index in [1.54, 1.807) is 0 Å². The summed E-state index contributed by atoms with van der Waals surface area (Å²) in [4.78, 5) is 10.7. The maximum atomic E-state index is 12.8. The van der Waals surface area contributed by atoms with Gasteiger partial charge in [-0.2, -0.15) is 4.98 Å². The molecule has 3 aromatic rings. The Morgan fingerprint density at radius 1 is 1.03 bits per heavy atom. The van der Waals surface area contributed by atoms with Crippen LogP contribution in [-0.2, 0) is 10.0 Å². The fraction of sp³-hybridized carbons (Fsp3) is 0.440. The second-order valence-corrected chi connectivity index (χ2v) is 12.2. The van der Waals surface area contributed by atoms with Gasteiger partial charge in [-0.1, -0.05) is 28.1 Å². The van der Waals surface area contributed by atoms with Gasteiger partial charge in [0.25, 0.3) is 0 Å². The number of hydrogen-bond donors (Lipinski definition) is 2. The Balaban J connectivity index is 0.00000420. The molecule has 1 aliphatic rings. The molecule has 2 aromatic carbocycles. The monoisotopic (exact) mass is 651 g/mol. The molecule has 0 aliphatic heterocycles. The topological polar surface area (TPSA) is 96.5 Å². The lowest BCUT2D eigenvalue weighted by Gasteiger charge is -2.29. The molecule has 14 heteroatoms. The van der Waals surface area contributed by atoms with Crippen molar-refractivity contribution < 1.29 is 26.3 Å². The minimum atomic E-state index is -5.01. The van der Waals surface area contributed by atoms with Crippen molar-refractivity contribution in [1.82, 2.24) is 14.7 Å². The van der Waals surface area contributed by atoms with Gasteiger partial charge in [-0.05, 0) is 67.9 Å². The van der Waals surface area contributed by atoms with Gasteiger partial charge in [0.1, 0.15) is 10.7 Å². The normalized spacial score (nSPS) is 17.9. The largest absolute Gasteiger partial charge is 0.573 e. The predicted molar refractivity (Wildman–Crippen MR) is 151 cm³/mol. The first-order valence-corrected chi connectivity index (χ1v) is 14.4. The van der Waals surface area contributed by atoms with Crippen LogP contribution >= 0.6 is 28.3 Å². The van der Waals surface area contributed by atoms with E-state index in [9.17, 15) is 21.6 Å². The van der Waals surface area contributed by atoms with Gasteiger partial charge in [0.2, 0.25) is 16.0 Å². The number of aromatic nitrogens is 2. The number of ether oxygens (including phenoxy) is 1. The van der Waals surface area contributed by atoms with E-state index in [-0.39, 0.29) is 29.3 Å².